The maximum atomic E-state index is 11.2. The molecule has 0 aliphatic heterocycles. The molecule has 68 valence electrons. The zero-order chi connectivity index (χ0) is 9.31. The molecule has 3 heteroatoms. The fraction of sp³-hybridized carbons (Fsp3) is 0.500. The van der Waals surface area contributed by atoms with Gasteiger partial charge in [-0.25, -0.2) is 0 Å². The number of aromatic nitrogens is 2. The lowest BCUT2D eigenvalue weighted by molar-refractivity contribution is -0.117. The number of carbonyl (C=O) groups excluding carboxylic acids is 1. The monoisotopic (exact) mass is 176 g/mol. The number of Topliss-reactive ketones (excluding diaryl/α,β-unsaturated/α-hetero) is 1. The standard InChI is InChI=1S/C10H12N2O/c1-10(3-2-8(13)6-10)9-7-11-4-5-12-9/h4-5,7H,2-3,6H2,1H3. The summed E-state index contributed by atoms with van der Waals surface area (Å²) in [6, 6.07) is 0. The van der Waals surface area contributed by atoms with Crippen molar-refractivity contribution in [2.75, 3.05) is 0 Å². The van der Waals surface area contributed by atoms with Crippen LogP contribution in [0.4, 0.5) is 0 Å². The Morgan fingerprint density at radius 3 is 2.85 bits per heavy atom. The van der Waals surface area contributed by atoms with Crippen LogP contribution in [0.5, 0.6) is 0 Å². The van der Waals surface area contributed by atoms with Crippen LogP contribution in [0.15, 0.2) is 18.6 Å². The average Bonchev–Trinajstić information content (AvgIpc) is 2.49. The molecule has 0 amide bonds. The van der Waals surface area contributed by atoms with Crippen molar-refractivity contribution in [1.82, 2.24) is 9.97 Å². The number of hydrogen-bond donors (Lipinski definition) is 0. The fourth-order valence-corrected chi connectivity index (χ4v) is 1.86. The van der Waals surface area contributed by atoms with Gasteiger partial charge in [-0.2, -0.15) is 0 Å². The summed E-state index contributed by atoms with van der Waals surface area (Å²) < 4.78 is 0. The molecule has 1 unspecified atom stereocenters. The lowest BCUT2D eigenvalue weighted by Gasteiger charge is -2.20. The minimum Gasteiger partial charge on any atom is -0.300 e. The number of hydrogen-bond acceptors (Lipinski definition) is 3. The van der Waals surface area contributed by atoms with E-state index in [4.69, 9.17) is 0 Å². The highest BCUT2D eigenvalue weighted by Gasteiger charge is 2.36. The maximum absolute atomic E-state index is 11.2. The van der Waals surface area contributed by atoms with Crippen molar-refractivity contribution < 1.29 is 4.79 Å². The van der Waals surface area contributed by atoms with E-state index in [9.17, 15) is 4.79 Å². The van der Waals surface area contributed by atoms with E-state index in [-0.39, 0.29) is 5.41 Å². The molecule has 0 spiro atoms. The Labute approximate surface area is 77.2 Å². The highest BCUT2D eigenvalue weighted by Crippen LogP contribution is 2.37. The van der Waals surface area contributed by atoms with Gasteiger partial charge in [0.25, 0.3) is 0 Å². The zero-order valence-electron chi connectivity index (χ0n) is 7.66. The Morgan fingerprint density at radius 1 is 1.46 bits per heavy atom. The SMILES string of the molecule is CC1(c2cnccn2)CCC(=O)C1. The van der Waals surface area contributed by atoms with E-state index in [1.165, 1.54) is 0 Å². The lowest BCUT2D eigenvalue weighted by atomic mass is 9.85. The average molecular weight is 176 g/mol. The van der Waals surface area contributed by atoms with Gasteiger partial charge in [0.1, 0.15) is 5.78 Å². The third-order valence-electron chi connectivity index (χ3n) is 2.72. The first-order valence-corrected chi connectivity index (χ1v) is 4.49. The van der Waals surface area contributed by atoms with Gasteiger partial charge in [-0.15, -0.1) is 0 Å². The summed E-state index contributed by atoms with van der Waals surface area (Å²) in [7, 11) is 0. The van der Waals surface area contributed by atoms with Crippen LogP contribution < -0.4 is 0 Å². The highest BCUT2D eigenvalue weighted by atomic mass is 16.1. The van der Waals surface area contributed by atoms with Crippen molar-refractivity contribution in [3.63, 3.8) is 0 Å². The third-order valence-corrected chi connectivity index (χ3v) is 2.72. The molecule has 1 fully saturated rings. The van der Waals surface area contributed by atoms with Crippen molar-refractivity contribution in [2.45, 2.75) is 31.6 Å². The molecule has 1 saturated carbocycles. The maximum Gasteiger partial charge on any atom is 0.133 e. The largest absolute Gasteiger partial charge is 0.300 e. The van der Waals surface area contributed by atoms with Crippen LogP contribution in [0, 0.1) is 0 Å². The molecule has 1 aliphatic carbocycles. The Morgan fingerprint density at radius 2 is 2.31 bits per heavy atom. The zero-order valence-corrected chi connectivity index (χ0v) is 7.66. The summed E-state index contributed by atoms with van der Waals surface area (Å²) in [5.41, 5.74) is 0.881. The van der Waals surface area contributed by atoms with E-state index in [0.717, 1.165) is 12.1 Å². The highest BCUT2D eigenvalue weighted by molar-refractivity contribution is 5.82. The van der Waals surface area contributed by atoms with Gasteiger partial charge < -0.3 is 0 Å². The topological polar surface area (TPSA) is 42.9 Å². The quantitative estimate of drug-likeness (QED) is 0.651. The van der Waals surface area contributed by atoms with Crippen LogP contribution in [0.2, 0.25) is 0 Å². The molecule has 0 aromatic carbocycles. The van der Waals surface area contributed by atoms with Gasteiger partial charge in [0.15, 0.2) is 0 Å². The normalized spacial score (nSPS) is 27.9. The Bertz CT molecular complexity index is 323. The first-order chi connectivity index (χ1) is 6.21. The first kappa shape index (κ1) is 8.35. The van der Waals surface area contributed by atoms with Crippen molar-refractivity contribution in [2.24, 2.45) is 0 Å². The summed E-state index contributed by atoms with van der Waals surface area (Å²) in [6.07, 6.45) is 7.31. The molecule has 1 aliphatic rings. The van der Waals surface area contributed by atoms with Gasteiger partial charge in [-0.05, 0) is 6.42 Å². The van der Waals surface area contributed by atoms with Crippen molar-refractivity contribution in [3.05, 3.63) is 24.3 Å². The molecule has 2 rings (SSSR count). The van der Waals surface area contributed by atoms with Crippen LogP contribution >= 0.6 is 0 Å². The number of nitrogens with zero attached hydrogens (tertiary/aromatic N) is 2. The van der Waals surface area contributed by atoms with Gasteiger partial charge >= 0.3 is 0 Å². The smallest absolute Gasteiger partial charge is 0.133 e. The van der Waals surface area contributed by atoms with Crippen LogP contribution in [-0.4, -0.2) is 15.8 Å². The fourth-order valence-electron chi connectivity index (χ4n) is 1.86. The van der Waals surface area contributed by atoms with Crippen LogP contribution in [0.3, 0.4) is 0 Å². The number of carbonyl (C=O) groups is 1. The molecule has 3 nitrogen and oxygen atoms in total. The molecule has 1 atom stereocenters. The third kappa shape index (κ3) is 1.46. The Balaban J connectivity index is 2.31. The molecule has 0 bridgehead atoms. The molecule has 0 radical (unpaired) electrons. The summed E-state index contributed by atoms with van der Waals surface area (Å²) in [5, 5.41) is 0. The molecule has 1 aromatic heterocycles. The van der Waals surface area contributed by atoms with E-state index in [0.29, 0.717) is 18.6 Å². The lowest BCUT2D eigenvalue weighted by Crippen LogP contribution is -2.19. The van der Waals surface area contributed by atoms with Crippen LogP contribution in [-0.2, 0) is 10.2 Å². The van der Waals surface area contributed by atoms with Gasteiger partial charge in [-0.1, -0.05) is 6.92 Å². The molecular formula is C10H12N2O. The summed E-state index contributed by atoms with van der Waals surface area (Å²) in [4.78, 5) is 19.5. The van der Waals surface area contributed by atoms with E-state index < -0.39 is 0 Å². The number of ketones is 1. The minimum atomic E-state index is -0.0641. The molecule has 1 heterocycles. The van der Waals surface area contributed by atoms with E-state index in [2.05, 4.69) is 16.9 Å². The summed E-state index contributed by atoms with van der Waals surface area (Å²) in [6.45, 7) is 2.09. The van der Waals surface area contributed by atoms with Crippen molar-refractivity contribution in [1.29, 1.82) is 0 Å². The molecule has 0 N–H and O–H groups in total. The minimum absolute atomic E-state index is 0.0641. The first-order valence-electron chi connectivity index (χ1n) is 4.49. The summed E-state index contributed by atoms with van der Waals surface area (Å²) in [5.74, 6) is 0.341. The Hall–Kier alpha value is -1.25. The van der Waals surface area contributed by atoms with E-state index >= 15 is 0 Å². The molecule has 13 heavy (non-hydrogen) atoms. The Kier molecular flexibility index (Phi) is 1.87. The van der Waals surface area contributed by atoms with Gasteiger partial charge in [0, 0.05) is 36.8 Å². The van der Waals surface area contributed by atoms with Gasteiger partial charge in [-0.3, -0.25) is 14.8 Å². The second-order valence-electron chi connectivity index (χ2n) is 3.87. The molecule has 1 aromatic rings. The predicted molar refractivity (Wildman–Crippen MR) is 48.2 cm³/mol. The second kappa shape index (κ2) is 2.91. The van der Waals surface area contributed by atoms with Gasteiger partial charge in [0.2, 0.25) is 0 Å². The van der Waals surface area contributed by atoms with Crippen molar-refractivity contribution in [3.8, 4) is 0 Å². The summed E-state index contributed by atoms with van der Waals surface area (Å²) >= 11 is 0. The van der Waals surface area contributed by atoms with E-state index in [1.54, 1.807) is 18.6 Å². The van der Waals surface area contributed by atoms with Crippen LogP contribution in [0.1, 0.15) is 31.9 Å². The molecular weight excluding hydrogens is 164 g/mol. The second-order valence-corrected chi connectivity index (χ2v) is 3.87. The van der Waals surface area contributed by atoms with Crippen LogP contribution in [0.25, 0.3) is 0 Å². The van der Waals surface area contributed by atoms with Gasteiger partial charge in [0.05, 0.1) is 5.69 Å². The van der Waals surface area contributed by atoms with Crippen molar-refractivity contribution >= 4 is 5.78 Å². The van der Waals surface area contributed by atoms with E-state index in [1.807, 2.05) is 0 Å². The predicted octanol–water partition coefficient (Wildman–Crippen LogP) is 1.49. The number of rotatable bonds is 1. The molecule has 0 saturated heterocycles.